The van der Waals surface area contributed by atoms with Crippen molar-refractivity contribution >= 4 is 29.2 Å². The molecule has 0 saturated carbocycles. The van der Waals surface area contributed by atoms with E-state index < -0.39 is 11.6 Å². The smallest absolute Gasteiger partial charge is 0.363 e. The third kappa shape index (κ3) is 3.95. The highest BCUT2D eigenvalue weighted by atomic mass is 16.5. The average Bonchev–Trinajstić information content (AvgIpc) is 3.23. The number of esters is 1. The molecule has 0 fully saturated rings. The summed E-state index contributed by atoms with van der Waals surface area (Å²) in [6.45, 7) is 3.33. The average molecular weight is 419 g/mol. The summed E-state index contributed by atoms with van der Waals surface area (Å²) in [7, 11) is 0. The zero-order chi connectivity index (χ0) is 21.8. The van der Waals surface area contributed by atoms with Gasteiger partial charge in [-0.15, -0.1) is 0 Å². The number of nitrogens with one attached hydrogen (secondary N) is 3. The predicted octanol–water partition coefficient (Wildman–Crippen LogP) is 2.07. The number of fused-ring (bicyclic) bond motifs is 1. The van der Waals surface area contributed by atoms with Gasteiger partial charge >= 0.3 is 5.97 Å². The van der Waals surface area contributed by atoms with E-state index in [1.165, 1.54) is 6.92 Å². The van der Waals surface area contributed by atoms with E-state index in [-0.39, 0.29) is 12.5 Å². The molecule has 10 heteroatoms. The molecule has 3 aromatic heterocycles. The molecule has 0 radical (unpaired) electrons. The topological polar surface area (TPSA) is 123 Å². The van der Waals surface area contributed by atoms with Gasteiger partial charge in [-0.05, 0) is 37.3 Å². The van der Waals surface area contributed by atoms with Gasteiger partial charge in [-0.1, -0.05) is 6.07 Å². The summed E-state index contributed by atoms with van der Waals surface area (Å²) in [4.78, 5) is 37.7. The molecule has 0 spiro atoms. The molecule has 10 nitrogen and oxygen atoms in total. The largest absolute Gasteiger partial charge is 0.462 e. The first-order chi connectivity index (χ1) is 15.0. The molecule has 1 amide bonds. The van der Waals surface area contributed by atoms with Crippen LogP contribution in [-0.4, -0.2) is 39.0 Å². The molecule has 4 heterocycles. The van der Waals surface area contributed by atoms with Crippen LogP contribution in [0.3, 0.4) is 0 Å². The first-order valence-corrected chi connectivity index (χ1v) is 9.67. The lowest BCUT2D eigenvalue weighted by molar-refractivity contribution is -0.149. The third-order valence-corrected chi connectivity index (χ3v) is 4.49. The molecule has 31 heavy (non-hydrogen) atoms. The summed E-state index contributed by atoms with van der Waals surface area (Å²) >= 11 is 0. The van der Waals surface area contributed by atoms with Crippen LogP contribution >= 0.6 is 0 Å². The van der Waals surface area contributed by atoms with E-state index in [2.05, 4.69) is 26.0 Å². The molecular weight excluding hydrogens is 398 g/mol. The lowest BCUT2D eigenvalue weighted by atomic mass is 10.1. The number of aromatic nitrogens is 3. The number of hydrogen-bond donors (Lipinski definition) is 3. The molecule has 3 aromatic rings. The normalized spacial score (nSPS) is 17.0. The van der Waals surface area contributed by atoms with Gasteiger partial charge in [0.1, 0.15) is 17.2 Å². The van der Waals surface area contributed by atoms with Gasteiger partial charge in [0.15, 0.2) is 5.84 Å². The van der Waals surface area contributed by atoms with Crippen LogP contribution in [0.15, 0.2) is 66.0 Å². The monoisotopic (exact) mass is 419 g/mol. The van der Waals surface area contributed by atoms with Crippen LogP contribution in [0.5, 0.6) is 0 Å². The fraction of sp³-hybridized carbons (Fsp3) is 0.190. The number of nitrogens with zero attached hydrogens (tertiary/aromatic N) is 4. The number of rotatable bonds is 5. The SMILES string of the molecule is CCOC(=O)C1(c2ccccn2)N=C(Nc2ccnc(NC(C)=O)c2)c2cccn2N1. The predicted molar refractivity (Wildman–Crippen MR) is 115 cm³/mol. The second-order valence-corrected chi connectivity index (χ2v) is 6.72. The van der Waals surface area contributed by atoms with Crippen LogP contribution in [0, 0.1) is 0 Å². The minimum Gasteiger partial charge on any atom is -0.462 e. The highest BCUT2D eigenvalue weighted by Crippen LogP contribution is 2.30. The molecule has 1 aliphatic rings. The summed E-state index contributed by atoms with van der Waals surface area (Å²) in [6, 6.07) is 12.3. The zero-order valence-corrected chi connectivity index (χ0v) is 17.0. The van der Waals surface area contributed by atoms with Gasteiger partial charge in [0.05, 0.1) is 6.61 Å². The maximum absolute atomic E-state index is 13.1. The van der Waals surface area contributed by atoms with E-state index in [9.17, 15) is 9.59 Å². The van der Waals surface area contributed by atoms with Gasteiger partial charge in [-0.25, -0.2) is 14.8 Å². The van der Waals surface area contributed by atoms with Crippen LogP contribution in [-0.2, 0) is 20.0 Å². The van der Waals surface area contributed by atoms with Crippen molar-refractivity contribution in [1.82, 2.24) is 14.6 Å². The van der Waals surface area contributed by atoms with Gasteiger partial charge in [0, 0.05) is 37.3 Å². The Balaban J connectivity index is 1.80. The Hall–Kier alpha value is -4.21. The fourth-order valence-electron chi connectivity index (χ4n) is 3.20. The number of amidine groups is 1. The first-order valence-electron chi connectivity index (χ1n) is 9.67. The Bertz CT molecular complexity index is 1140. The van der Waals surface area contributed by atoms with Crippen molar-refractivity contribution in [3.63, 3.8) is 0 Å². The Morgan fingerprint density at radius 1 is 1.16 bits per heavy atom. The minimum atomic E-state index is -1.58. The van der Waals surface area contributed by atoms with Crippen LogP contribution in [0.2, 0.25) is 0 Å². The van der Waals surface area contributed by atoms with Crippen LogP contribution < -0.4 is 16.1 Å². The van der Waals surface area contributed by atoms with Crippen molar-refractivity contribution < 1.29 is 14.3 Å². The van der Waals surface area contributed by atoms with Gasteiger partial charge in [-0.3, -0.25) is 19.9 Å². The molecule has 0 saturated heterocycles. The van der Waals surface area contributed by atoms with Gasteiger partial charge in [0.2, 0.25) is 5.91 Å². The van der Waals surface area contributed by atoms with E-state index in [1.807, 2.05) is 12.1 Å². The number of aliphatic imine (C=N–C) groups is 1. The number of pyridine rings is 2. The maximum atomic E-state index is 13.1. The van der Waals surface area contributed by atoms with Gasteiger partial charge in [0.25, 0.3) is 5.66 Å². The summed E-state index contributed by atoms with van der Waals surface area (Å²) in [6.07, 6.45) is 4.93. The van der Waals surface area contributed by atoms with E-state index in [0.29, 0.717) is 28.7 Å². The van der Waals surface area contributed by atoms with Crippen molar-refractivity contribution in [2.45, 2.75) is 19.5 Å². The van der Waals surface area contributed by atoms with Crippen molar-refractivity contribution in [1.29, 1.82) is 0 Å². The Labute approximate surface area is 178 Å². The molecule has 1 atom stereocenters. The summed E-state index contributed by atoms with van der Waals surface area (Å²) in [5.41, 5.74) is 3.27. The quantitative estimate of drug-likeness (QED) is 0.541. The maximum Gasteiger partial charge on any atom is 0.363 e. The highest BCUT2D eigenvalue weighted by Gasteiger charge is 2.47. The molecule has 1 aliphatic heterocycles. The zero-order valence-electron chi connectivity index (χ0n) is 17.0. The minimum absolute atomic E-state index is 0.191. The number of hydrogen-bond acceptors (Lipinski definition) is 8. The Morgan fingerprint density at radius 2 is 2.03 bits per heavy atom. The Kier molecular flexibility index (Phi) is 5.35. The lowest BCUT2D eigenvalue weighted by Crippen LogP contribution is -2.52. The van der Waals surface area contributed by atoms with Crippen molar-refractivity contribution in [3.05, 3.63) is 72.4 Å². The molecule has 0 aromatic carbocycles. The van der Waals surface area contributed by atoms with Crippen molar-refractivity contribution in [3.8, 4) is 0 Å². The molecule has 0 aliphatic carbocycles. The second kappa shape index (κ2) is 8.27. The van der Waals surface area contributed by atoms with E-state index in [0.717, 1.165) is 0 Å². The molecule has 4 rings (SSSR count). The first kappa shape index (κ1) is 20.1. The Morgan fingerprint density at radius 3 is 2.77 bits per heavy atom. The van der Waals surface area contributed by atoms with E-state index in [4.69, 9.17) is 9.73 Å². The van der Waals surface area contributed by atoms with Crippen LogP contribution in [0.4, 0.5) is 11.5 Å². The molecule has 1 unspecified atom stereocenters. The van der Waals surface area contributed by atoms with E-state index >= 15 is 0 Å². The van der Waals surface area contributed by atoms with Gasteiger partial charge < -0.3 is 15.4 Å². The summed E-state index contributed by atoms with van der Waals surface area (Å²) in [5, 5.41) is 5.86. The summed E-state index contributed by atoms with van der Waals surface area (Å²) in [5.74, 6) is 0.00135. The second-order valence-electron chi connectivity index (χ2n) is 6.72. The van der Waals surface area contributed by atoms with Crippen molar-refractivity contribution in [2.24, 2.45) is 4.99 Å². The number of carbonyl (C=O) groups is 2. The van der Waals surface area contributed by atoms with Crippen molar-refractivity contribution in [2.75, 3.05) is 22.7 Å². The fourth-order valence-corrected chi connectivity index (χ4v) is 3.20. The summed E-state index contributed by atoms with van der Waals surface area (Å²) < 4.78 is 7.04. The van der Waals surface area contributed by atoms with Gasteiger partial charge in [-0.2, -0.15) is 0 Å². The standard InChI is InChI=1S/C21H21N7O3/c1-3-31-20(30)21(17-8-4-5-10-22-17)26-19(16-7-6-12-28(16)27-21)25-15-9-11-23-18(13-15)24-14(2)29/h4-13,27H,3H2,1-2H3,(H2,23,24,25,26,29). The van der Waals surface area contributed by atoms with Crippen LogP contribution in [0.1, 0.15) is 25.2 Å². The molecule has 0 bridgehead atoms. The number of anilines is 2. The number of amides is 1. The highest BCUT2D eigenvalue weighted by molar-refractivity contribution is 6.09. The third-order valence-electron chi connectivity index (χ3n) is 4.49. The molecule has 3 N–H and O–H groups in total. The number of carbonyl (C=O) groups excluding carboxylic acids is 2. The molecule has 158 valence electrons. The molecular formula is C21H21N7O3. The van der Waals surface area contributed by atoms with E-state index in [1.54, 1.807) is 60.5 Å². The number of ether oxygens (including phenoxy) is 1. The lowest BCUT2D eigenvalue weighted by Gasteiger charge is -2.34. The van der Waals surface area contributed by atoms with Crippen LogP contribution in [0.25, 0.3) is 0 Å².